The Morgan fingerprint density at radius 2 is 2.00 bits per heavy atom. The molecule has 19 heavy (non-hydrogen) atoms. The monoisotopic (exact) mass is 271 g/mol. The number of carbonyl (C=O) groups is 3. The Bertz CT molecular complexity index is 370. The van der Waals surface area contributed by atoms with Crippen molar-refractivity contribution in [3.8, 4) is 0 Å². The highest BCUT2D eigenvalue weighted by Crippen LogP contribution is 2.17. The molecule has 1 rings (SSSR count). The van der Waals surface area contributed by atoms with Crippen molar-refractivity contribution in [1.29, 1.82) is 0 Å². The lowest BCUT2D eigenvalue weighted by Gasteiger charge is -2.32. The minimum Gasteiger partial charge on any atom is -0.481 e. The van der Waals surface area contributed by atoms with E-state index in [1.54, 1.807) is 13.8 Å². The molecule has 0 aromatic rings. The maximum atomic E-state index is 12.0. The van der Waals surface area contributed by atoms with E-state index in [2.05, 4.69) is 5.32 Å². The van der Waals surface area contributed by atoms with Crippen LogP contribution in [0.3, 0.4) is 0 Å². The van der Waals surface area contributed by atoms with Crippen LogP contribution < -0.4 is 11.1 Å². The number of aliphatic carboxylic acids is 1. The molecule has 0 aromatic carbocycles. The van der Waals surface area contributed by atoms with Gasteiger partial charge in [0.15, 0.2) is 0 Å². The number of likely N-dealkylation sites (tertiary alicyclic amines) is 1. The molecule has 1 unspecified atom stereocenters. The van der Waals surface area contributed by atoms with Gasteiger partial charge >= 0.3 is 12.0 Å². The zero-order valence-electron chi connectivity index (χ0n) is 11.3. The number of hydrogen-bond acceptors (Lipinski definition) is 3. The molecule has 1 aliphatic heterocycles. The zero-order chi connectivity index (χ0) is 14.6. The third-order valence-corrected chi connectivity index (χ3v) is 3.31. The van der Waals surface area contributed by atoms with Gasteiger partial charge in [-0.1, -0.05) is 13.8 Å². The SMILES string of the molecule is CC(C)C(NC(=O)N1CCC[C@@H](C(=O)O)C1)C(N)=O. The van der Waals surface area contributed by atoms with E-state index in [-0.39, 0.29) is 12.5 Å². The summed E-state index contributed by atoms with van der Waals surface area (Å²) in [6, 6.07) is -1.17. The fourth-order valence-corrected chi connectivity index (χ4v) is 2.15. The van der Waals surface area contributed by atoms with Gasteiger partial charge in [-0.15, -0.1) is 0 Å². The highest BCUT2D eigenvalue weighted by atomic mass is 16.4. The van der Waals surface area contributed by atoms with Crippen molar-refractivity contribution in [2.45, 2.75) is 32.7 Å². The number of carbonyl (C=O) groups excluding carboxylic acids is 2. The number of urea groups is 1. The van der Waals surface area contributed by atoms with E-state index in [1.807, 2.05) is 0 Å². The number of hydrogen-bond donors (Lipinski definition) is 3. The summed E-state index contributed by atoms with van der Waals surface area (Å²) in [5.74, 6) is -2.13. The quantitative estimate of drug-likeness (QED) is 0.668. The molecule has 1 aliphatic rings. The topological polar surface area (TPSA) is 113 Å². The van der Waals surface area contributed by atoms with Gasteiger partial charge in [0.1, 0.15) is 6.04 Å². The molecule has 0 aliphatic carbocycles. The first-order valence-corrected chi connectivity index (χ1v) is 6.40. The van der Waals surface area contributed by atoms with Crippen LogP contribution in [0.25, 0.3) is 0 Å². The van der Waals surface area contributed by atoms with E-state index in [1.165, 1.54) is 4.90 Å². The predicted octanol–water partition coefficient (Wildman–Crippen LogP) is 0.00250. The van der Waals surface area contributed by atoms with E-state index >= 15 is 0 Å². The first kappa shape index (κ1) is 15.3. The second kappa shape index (κ2) is 6.40. The average molecular weight is 271 g/mol. The molecule has 0 spiro atoms. The van der Waals surface area contributed by atoms with Crippen LogP contribution in [0, 0.1) is 11.8 Å². The van der Waals surface area contributed by atoms with Crippen LogP contribution in [0.5, 0.6) is 0 Å². The lowest BCUT2D eigenvalue weighted by Crippen LogP contribution is -2.54. The van der Waals surface area contributed by atoms with Crippen molar-refractivity contribution < 1.29 is 19.5 Å². The van der Waals surface area contributed by atoms with Crippen LogP contribution in [0.2, 0.25) is 0 Å². The lowest BCUT2D eigenvalue weighted by molar-refractivity contribution is -0.143. The largest absolute Gasteiger partial charge is 0.481 e. The van der Waals surface area contributed by atoms with E-state index in [0.717, 1.165) is 0 Å². The average Bonchev–Trinajstić information content (AvgIpc) is 2.34. The summed E-state index contributed by atoms with van der Waals surface area (Å²) in [7, 11) is 0. The maximum Gasteiger partial charge on any atom is 0.318 e. The molecule has 1 heterocycles. The molecule has 0 aromatic heterocycles. The number of carboxylic acid groups (broad SMARTS) is 1. The van der Waals surface area contributed by atoms with Crippen molar-refractivity contribution in [3.63, 3.8) is 0 Å². The van der Waals surface area contributed by atoms with Crippen LogP contribution in [0.1, 0.15) is 26.7 Å². The Kier molecular flexibility index (Phi) is 5.14. The standard InChI is InChI=1S/C12H21N3O4/c1-7(2)9(10(13)16)14-12(19)15-5-3-4-8(6-15)11(17)18/h7-9H,3-6H2,1-2H3,(H2,13,16)(H,14,19)(H,17,18)/t8-,9?/m1/s1. The van der Waals surface area contributed by atoms with Crippen LogP contribution in [0.4, 0.5) is 4.79 Å². The Morgan fingerprint density at radius 1 is 1.37 bits per heavy atom. The number of nitrogens with zero attached hydrogens (tertiary/aromatic N) is 1. The highest BCUT2D eigenvalue weighted by Gasteiger charge is 2.30. The first-order valence-electron chi connectivity index (χ1n) is 6.40. The van der Waals surface area contributed by atoms with Gasteiger partial charge in [-0.05, 0) is 18.8 Å². The first-order chi connectivity index (χ1) is 8.82. The zero-order valence-corrected chi connectivity index (χ0v) is 11.3. The lowest BCUT2D eigenvalue weighted by atomic mass is 9.98. The maximum absolute atomic E-state index is 12.0. The van der Waals surface area contributed by atoms with E-state index in [4.69, 9.17) is 10.8 Å². The second-order valence-electron chi connectivity index (χ2n) is 5.20. The molecule has 0 bridgehead atoms. The summed E-state index contributed by atoms with van der Waals surface area (Å²) < 4.78 is 0. The summed E-state index contributed by atoms with van der Waals surface area (Å²) in [5.41, 5.74) is 5.22. The van der Waals surface area contributed by atoms with Crippen molar-refractivity contribution in [2.24, 2.45) is 17.6 Å². The van der Waals surface area contributed by atoms with Gasteiger partial charge in [0.05, 0.1) is 5.92 Å². The molecular weight excluding hydrogens is 250 g/mol. The number of piperidine rings is 1. The highest BCUT2D eigenvalue weighted by molar-refractivity contribution is 5.86. The second-order valence-corrected chi connectivity index (χ2v) is 5.20. The molecule has 7 nitrogen and oxygen atoms in total. The molecule has 1 fully saturated rings. The van der Waals surface area contributed by atoms with Crippen molar-refractivity contribution >= 4 is 17.9 Å². The number of carboxylic acids is 1. The normalized spacial score (nSPS) is 21.0. The minimum atomic E-state index is -0.896. The van der Waals surface area contributed by atoms with Crippen molar-refractivity contribution in [1.82, 2.24) is 10.2 Å². The molecular formula is C12H21N3O4. The van der Waals surface area contributed by atoms with Crippen molar-refractivity contribution in [3.05, 3.63) is 0 Å². The third kappa shape index (κ3) is 4.11. The third-order valence-electron chi connectivity index (χ3n) is 3.31. The molecule has 0 saturated carbocycles. The Morgan fingerprint density at radius 3 is 2.47 bits per heavy atom. The Hall–Kier alpha value is -1.79. The fraction of sp³-hybridized carbons (Fsp3) is 0.750. The van der Waals surface area contributed by atoms with Crippen LogP contribution in [-0.2, 0) is 9.59 Å². The van der Waals surface area contributed by atoms with Gasteiger partial charge in [-0.3, -0.25) is 9.59 Å². The summed E-state index contributed by atoms with van der Waals surface area (Å²) in [6.45, 7) is 4.24. The summed E-state index contributed by atoms with van der Waals surface area (Å²) in [6.07, 6.45) is 1.22. The molecule has 2 atom stereocenters. The van der Waals surface area contributed by atoms with Gasteiger partial charge in [0, 0.05) is 13.1 Å². The van der Waals surface area contributed by atoms with Gasteiger partial charge in [0.2, 0.25) is 5.91 Å². The smallest absolute Gasteiger partial charge is 0.318 e. The summed E-state index contributed by atoms with van der Waals surface area (Å²) in [5, 5.41) is 11.5. The van der Waals surface area contributed by atoms with Gasteiger partial charge in [-0.2, -0.15) is 0 Å². The number of amides is 3. The number of primary amides is 1. The molecule has 7 heteroatoms. The van der Waals surface area contributed by atoms with Gasteiger partial charge < -0.3 is 21.1 Å². The van der Waals surface area contributed by atoms with Crippen LogP contribution >= 0.6 is 0 Å². The van der Waals surface area contributed by atoms with Gasteiger partial charge in [0.25, 0.3) is 0 Å². The molecule has 108 valence electrons. The van der Waals surface area contributed by atoms with Gasteiger partial charge in [-0.25, -0.2) is 4.79 Å². The Balaban J connectivity index is 2.62. The number of nitrogens with two attached hydrogens (primary N) is 1. The Labute approximate surface area is 112 Å². The fourth-order valence-electron chi connectivity index (χ4n) is 2.15. The van der Waals surface area contributed by atoms with Crippen LogP contribution in [0.15, 0.2) is 0 Å². The summed E-state index contributed by atoms with van der Waals surface area (Å²) in [4.78, 5) is 35.6. The molecule has 1 saturated heterocycles. The predicted molar refractivity (Wildman–Crippen MR) is 68.3 cm³/mol. The molecule has 3 amide bonds. The molecule has 0 radical (unpaired) electrons. The van der Waals surface area contributed by atoms with E-state index in [9.17, 15) is 14.4 Å². The van der Waals surface area contributed by atoms with E-state index < -0.39 is 29.9 Å². The number of nitrogens with one attached hydrogen (secondary N) is 1. The molecule has 4 N–H and O–H groups in total. The number of rotatable bonds is 4. The summed E-state index contributed by atoms with van der Waals surface area (Å²) >= 11 is 0. The van der Waals surface area contributed by atoms with Crippen LogP contribution in [-0.4, -0.2) is 47.0 Å². The van der Waals surface area contributed by atoms with E-state index in [0.29, 0.717) is 19.4 Å². The minimum absolute atomic E-state index is 0.110. The van der Waals surface area contributed by atoms with Crippen molar-refractivity contribution in [2.75, 3.05) is 13.1 Å².